The van der Waals surface area contributed by atoms with Crippen LogP contribution in [0.2, 0.25) is 0 Å². The second-order valence-corrected chi connectivity index (χ2v) is 8.23. The van der Waals surface area contributed by atoms with Crippen LogP contribution in [-0.4, -0.2) is 27.8 Å². The first-order valence-electron chi connectivity index (χ1n) is 10.1. The third-order valence-corrected chi connectivity index (χ3v) is 6.08. The van der Waals surface area contributed by atoms with Gasteiger partial charge in [0.05, 0.1) is 18.4 Å². The van der Waals surface area contributed by atoms with E-state index in [0.29, 0.717) is 16.5 Å². The molecule has 0 saturated carbocycles. The van der Waals surface area contributed by atoms with E-state index in [2.05, 4.69) is 15.5 Å². The van der Waals surface area contributed by atoms with E-state index in [1.165, 1.54) is 18.5 Å². The Bertz CT molecular complexity index is 1280. The highest BCUT2D eigenvalue weighted by molar-refractivity contribution is 8.00. The molecule has 34 heavy (non-hydrogen) atoms. The van der Waals surface area contributed by atoms with E-state index in [4.69, 9.17) is 4.74 Å². The number of ether oxygens (including phenoxy) is 1. The fraction of sp³-hybridized carbons (Fsp3) is 0.125. The molecule has 1 aromatic heterocycles. The van der Waals surface area contributed by atoms with Gasteiger partial charge in [0.25, 0.3) is 0 Å². The predicted octanol–water partition coefficient (Wildman–Crippen LogP) is 5.77. The van der Waals surface area contributed by atoms with Gasteiger partial charge in [-0.25, -0.2) is 0 Å². The molecule has 3 aromatic carbocycles. The van der Waals surface area contributed by atoms with Crippen molar-refractivity contribution in [2.75, 3.05) is 12.4 Å². The van der Waals surface area contributed by atoms with Gasteiger partial charge < -0.3 is 10.1 Å². The first-order valence-corrected chi connectivity index (χ1v) is 11.0. The van der Waals surface area contributed by atoms with Crippen LogP contribution in [-0.2, 0) is 11.0 Å². The molecular formula is C24H19F3N4O2S. The standard InChI is InChI=1S/C24H19F3N4O2S/c1-33-20-12-6-11-19(14-20)31-15-28-30-23(31)34-21(16-7-3-2-4-8-16)22(32)29-18-10-5-9-17(13-18)24(25,26)27/h2-15,21H,1H3,(H,29,32). The van der Waals surface area contributed by atoms with Gasteiger partial charge in [-0.05, 0) is 35.9 Å². The summed E-state index contributed by atoms with van der Waals surface area (Å²) >= 11 is 1.13. The normalized spacial score (nSPS) is 12.2. The lowest BCUT2D eigenvalue weighted by molar-refractivity contribution is -0.137. The maximum Gasteiger partial charge on any atom is 0.416 e. The number of nitrogens with one attached hydrogen (secondary N) is 1. The maximum atomic E-state index is 13.3. The van der Waals surface area contributed by atoms with Crippen LogP contribution in [0, 0.1) is 0 Å². The number of amides is 1. The van der Waals surface area contributed by atoms with E-state index < -0.39 is 22.9 Å². The number of anilines is 1. The lowest BCUT2D eigenvalue weighted by Crippen LogP contribution is -2.20. The molecule has 1 unspecified atom stereocenters. The number of nitrogens with zero attached hydrogens (tertiary/aromatic N) is 3. The number of alkyl halides is 3. The molecule has 10 heteroatoms. The molecule has 1 N–H and O–H groups in total. The van der Waals surface area contributed by atoms with Crippen molar-refractivity contribution in [3.63, 3.8) is 0 Å². The van der Waals surface area contributed by atoms with Gasteiger partial charge in [0.2, 0.25) is 5.91 Å². The van der Waals surface area contributed by atoms with Gasteiger partial charge in [-0.2, -0.15) is 13.2 Å². The second kappa shape index (κ2) is 10.0. The van der Waals surface area contributed by atoms with Gasteiger partial charge >= 0.3 is 6.18 Å². The first-order chi connectivity index (χ1) is 16.3. The molecule has 4 rings (SSSR count). The Morgan fingerprint density at radius 1 is 1.03 bits per heavy atom. The highest BCUT2D eigenvalue weighted by Gasteiger charge is 2.31. The zero-order valence-electron chi connectivity index (χ0n) is 17.9. The second-order valence-electron chi connectivity index (χ2n) is 7.16. The summed E-state index contributed by atoms with van der Waals surface area (Å²) in [5, 5.41) is 10.4. The summed E-state index contributed by atoms with van der Waals surface area (Å²) in [6, 6.07) is 20.7. The largest absolute Gasteiger partial charge is 0.497 e. The minimum Gasteiger partial charge on any atom is -0.497 e. The van der Waals surface area contributed by atoms with Gasteiger partial charge in [-0.1, -0.05) is 54.2 Å². The molecule has 0 bridgehead atoms. The van der Waals surface area contributed by atoms with Crippen molar-refractivity contribution in [3.8, 4) is 11.4 Å². The fourth-order valence-electron chi connectivity index (χ4n) is 3.23. The number of carbonyl (C=O) groups is 1. The zero-order chi connectivity index (χ0) is 24.1. The van der Waals surface area contributed by atoms with E-state index in [9.17, 15) is 18.0 Å². The highest BCUT2D eigenvalue weighted by Crippen LogP contribution is 2.37. The number of rotatable bonds is 7. The number of hydrogen-bond acceptors (Lipinski definition) is 5. The Morgan fingerprint density at radius 2 is 1.79 bits per heavy atom. The predicted molar refractivity (Wildman–Crippen MR) is 123 cm³/mol. The smallest absolute Gasteiger partial charge is 0.416 e. The molecule has 0 fully saturated rings. The lowest BCUT2D eigenvalue weighted by Gasteiger charge is -2.18. The summed E-state index contributed by atoms with van der Waals surface area (Å²) in [7, 11) is 1.56. The molecule has 0 aliphatic carbocycles. The molecule has 0 aliphatic rings. The van der Waals surface area contributed by atoms with Crippen molar-refractivity contribution < 1.29 is 22.7 Å². The SMILES string of the molecule is COc1cccc(-n2cnnc2SC(C(=O)Nc2cccc(C(F)(F)F)c2)c2ccccc2)c1. The minimum atomic E-state index is -4.51. The van der Waals surface area contributed by atoms with Crippen LogP contribution in [0.15, 0.2) is 90.3 Å². The monoisotopic (exact) mass is 484 g/mol. The number of carbonyl (C=O) groups excluding carboxylic acids is 1. The molecule has 0 radical (unpaired) electrons. The minimum absolute atomic E-state index is 0.0515. The van der Waals surface area contributed by atoms with E-state index in [0.717, 1.165) is 29.6 Å². The summed E-state index contributed by atoms with van der Waals surface area (Å²) in [6.07, 6.45) is -2.99. The van der Waals surface area contributed by atoms with Crippen LogP contribution < -0.4 is 10.1 Å². The van der Waals surface area contributed by atoms with Crippen molar-refractivity contribution in [3.05, 3.63) is 96.3 Å². The molecule has 1 heterocycles. The molecule has 1 atom stereocenters. The summed E-state index contributed by atoms with van der Waals surface area (Å²) in [5.74, 6) is 0.153. The Balaban J connectivity index is 1.64. The quantitative estimate of drug-likeness (QED) is 0.338. The molecule has 0 saturated heterocycles. The molecular weight excluding hydrogens is 465 g/mol. The summed E-state index contributed by atoms with van der Waals surface area (Å²) in [6.45, 7) is 0. The number of methoxy groups -OCH3 is 1. The van der Waals surface area contributed by atoms with E-state index in [-0.39, 0.29) is 5.69 Å². The summed E-state index contributed by atoms with van der Waals surface area (Å²) < 4.78 is 46.3. The van der Waals surface area contributed by atoms with Crippen molar-refractivity contribution in [2.45, 2.75) is 16.6 Å². The number of benzene rings is 3. The van der Waals surface area contributed by atoms with Crippen molar-refractivity contribution in [1.29, 1.82) is 0 Å². The van der Waals surface area contributed by atoms with Crippen molar-refractivity contribution in [2.24, 2.45) is 0 Å². The topological polar surface area (TPSA) is 69.0 Å². The van der Waals surface area contributed by atoms with E-state index in [1.807, 2.05) is 18.2 Å². The van der Waals surface area contributed by atoms with E-state index in [1.54, 1.807) is 48.1 Å². The maximum absolute atomic E-state index is 13.3. The van der Waals surface area contributed by atoms with Crippen LogP contribution in [0.4, 0.5) is 18.9 Å². The molecule has 174 valence electrons. The van der Waals surface area contributed by atoms with Gasteiger partial charge in [0, 0.05) is 11.8 Å². The Hall–Kier alpha value is -3.79. The average Bonchev–Trinajstić information content (AvgIpc) is 3.31. The first kappa shape index (κ1) is 23.4. The Labute approximate surface area is 197 Å². The average molecular weight is 485 g/mol. The van der Waals surface area contributed by atoms with Gasteiger partial charge in [0.1, 0.15) is 17.3 Å². The summed E-state index contributed by atoms with van der Waals surface area (Å²) in [5.41, 5.74) is 0.608. The third-order valence-electron chi connectivity index (χ3n) is 4.87. The van der Waals surface area contributed by atoms with Crippen LogP contribution in [0.3, 0.4) is 0 Å². The van der Waals surface area contributed by atoms with Gasteiger partial charge in [-0.15, -0.1) is 10.2 Å². The van der Waals surface area contributed by atoms with Crippen LogP contribution in [0.25, 0.3) is 5.69 Å². The fourth-order valence-corrected chi connectivity index (χ4v) is 4.26. The van der Waals surface area contributed by atoms with Crippen molar-refractivity contribution in [1.82, 2.24) is 14.8 Å². The van der Waals surface area contributed by atoms with Crippen molar-refractivity contribution >= 4 is 23.4 Å². The molecule has 6 nitrogen and oxygen atoms in total. The lowest BCUT2D eigenvalue weighted by atomic mass is 10.1. The van der Waals surface area contributed by atoms with Crippen LogP contribution >= 0.6 is 11.8 Å². The van der Waals surface area contributed by atoms with E-state index >= 15 is 0 Å². The zero-order valence-corrected chi connectivity index (χ0v) is 18.7. The number of hydrogen-bond donors (Lipinski definition) is 1. The Kier molecular flexibility index (Phi) is 6.87. The number of aromatic nitrogens is 3. The molecule has 4 aromatic rings. The molecule has 1 amide bonds. The van der Waals surface area contributed by atoms with Crippen LogP contribution in [0.1, 0.15) is 16.4 Å². The Morgan fingerprint density at radius 3 is 2.53 bits per heavy atom. The number of thioether (sulfide) groups is 1. The molecule has 0 aliphatic heterocycles. The van der Waals surface area contributed by atoms with Gasteiger partial charge in [0.15, 0.2) is 5.16 Å². The number of halogens is 3. The third kappa shape index (κ3) is 5.40. The summed E-state index contributed by atoms with van der Waals surface area (Å²) in [4.78, 5) is 13.3. The van der Waals surface area contributed by atoms with Gasteiger partial charge in [-0.3, -0.25) is 9.36 Å². The highest BCUT2D eigenvalue weighted by atomic mass is 32.2. The molecule has 0 spiro atoms. The van der Waals surface area contributed by atoms with Crippen LogP contribution in [0.5, 0.6) is 5.75 Å².